The molecule has 0 unspecified atom stereocenters. The van der Waals surface area contributed by atoms with Crippen LogP contribution in [0.5, 0.6) is 5.75 Å². The largest absolute Gasteiger partial charge is 0.508 e. The summed E-state index contributed by atoms with van der Waals surface area (Å²) in [6.07, 6.45) is 3.11. The van der Waals surface area contributed by atoms with Crippen LogP contribution in [-0.4, -0.2) is 37.8 Å². The molecule has 25 heavy (non-hydrogen) atoms. The van der Waals surface area contributed by atoms with E-state index in [4.69, 9.17) is 0 Å². The lowest BCUT2D eigenvalue weighted by atomic mass is 10.2. The van der Waals surface area contributed by atoms with Crippen molar-refractivity contribution in [3.05, 3.63) is 72.3 Å². The van der Waals surface area contributed by atoms with Gasteiger partial charge in [0.15, 0.2) is 0 Å². The van der Waals surface area contributed by atoms with Gasteiger partial charge in [-0.3, -0.25) is 0 Å². The van der Waals surface area contributed by atoms with Gasteiger partial charge in [0.25, 0.3) is 0 Å². The third-order valence-electron chi connectivity index (χ3n) is 3.74. The van der Waals surface area contributed by atoms with Crippen molar-refractivity contribution in [3.63, 3.8) is 0 Å². The lowest BCUT2D eigenvalue weighted by Crippen LogP contribution is -2.36. The zero-order valence-corrected chi connectivity index (χ0v) is 13.8. The van der Waals surface area contributed by atoms with Crippen LogP contribution >= 0.6 is 0 Å². The molecule has 2 amide bonds. The maximum atomic E-state index is 12.2. The molecule has 0 spiro atoms. The lowest BCUT2D eigenvalue weighted by molar-refractivity contribution is 0.206. The highest BCUT2D eigenvalue weighted by molar-refractivity contribution is 5.73. The van der Waals surface area contributed by atoms with Gasteiger partial charge in [0.1, 0.15) is 18.4 Å². The van der Waals surface area contributed by atoms with Crippen LogP contribution in [0.25, 0.3) is 5.69 Å². The SMILES string of the molecule is CN(Cc1ccc(O)cc1)C(=O)NCc1cccc(-n2cncn2)c1. The molecule has 7 nitrogen and oxygen atoms in total. The molecule has 2 N–H and O–H groups in total. The minimum Gasteiger partial charge on any atom is -0.508 e. The minimum absolute atomic E-state index is 0.167. The lowest BCUT2D eigenvalue weighted by Gasteiger charge is -2.18. The molecule has 3 rings (SSSR count). The first-order valence-electron chi connectivity index (χ1n) is 7.82. The van der Waals surface area contributed by atoms with Crippen molar-refractivity contribution in [2.24, 2.45) is 0 Å². The predicted molar refractivity (Wildman–Crippen MR) is 93.2 cm³/mol. The first-order valence-corrected chi connectivity index (χ1v) is 7.82. The molecule has 1 aromatic heterocycles. The summed E-state index contributed by atoms with van der Waals surface area (Å²) in [5, 5.41) is 16.3. The van der Waals surface area contributed by atoms with E-state index in [1.54, 1.807) is 47.2 Å². The number of phenols is 1. The van der Waals surface area contributed by atoms with Crippen molar-refractivity contribution >= 4 is 6.03 Å². The van der Waals surface area contributed by atoms with Crippen LogP contribution in [0.2, 0.25) is 0 Å². The second-order valence-electron chi connectivity index (χ2n) is 5.69. The van der Waals surface area contributed by atoms with E-state index in [0.717, 1.165) is 16.8 Å². The van der Waals surface area contributed by atoms with E-state index in [0.29, 0.717) is 13.1 Å². The molecule has 2 aromatic carbocycles. The zero-order valence-electron chi connectivity index (χ0n) is 13.8. The number of aromatic nitrogens is 3. The predicted octanol–water partition coefficient (Wildman–Crippen LogP) is 2.31. The van der Waals surface area contributed by atoms with E-state index in [1.807, 2.05) is 24.3 Å². The molecule has 3 aromatic rings. The Bertz CT molecular complexity index is 831. The average Bonchev–Trinajstić information content (AvgIpc) is 3.16. The number of carbonyl (C=O) groups excluding carboxylic acids is 1. The van der Waals surface area contributed by atoms with E-state index >= 15 is 0 Å². The van der Waals surface area contributed by atoms with Gasteiger partial charge < -0.3 is 15.3 Å². The summed E-state index contributed by atoms with van der Waals surface area (Å²) in [6.45, 7) is 0.881. The molecule has 0 radical (unpaired) electrons. The Morgan fingerprint density at radius 1 is 1.20 bits per heavy atom. The number of hydrogen-bond acceptors (Lipinski definition) is 4. The van der Waals surface area contributed by atoms with Crippen molar-refractivity contribution in [1.82, 2.24) is 25.0 Å². The van der Waals surface area contributed by atoms with Gasteiger partial charge in [-0.25, -0.2) is 14.5 Å². The third kappa shape index (κ3) is 4.35. The molecule has 0 aliphatic rings. The summed E-state index contributed by atoms with van der Waals surface area (Å²) >= 11 is 0. The van der Waals surface area contributed by atoms with Crippen LogP contribution in [0.4, 0.5) is 4.79 Å². The van der Waals surface area contributed by atoms with E-state index < -0.39 is 0 Å². The first-order chi connectivity index (χ1) is 12.1. The van der Waals surface area contributed by atoms with Crippen molar-refractivity contribution in [3.8, 4) is 11.4 Å². The number of carbonyl (C=O) groups is 1. The summed E-state index contributed by atoms with van der Waals surface area (Å²) < 4.78 is 1.67. The Morgan fingerprint density at radius 2 is 2.00 bits per heavy atom. The molecule has 7 heteroatoms. The quantitative estimate of drug-likeness (QED) is 0.748. The summed E-state index contributed by atoms with van der Waals surface area (Å²) in [6, 6.07) is 14.4. The second-order valence-corrected chi connectivity index (χ2v) is 5.69. The molecule has 0 fully saturated rings. The Hall–Kier alpha value is -3.35. The fourth-order valence-electron chi connectivity index (χ4n) is 2.41. The van der Waals surface area contributed by atoms with Gasteiger partial charge in [0, 0.05) is 20.1 Å². The molecule has 0 aliphatic heterocycles. The van der Waals surface area contributed by atoms with Crippen LogP contribution in [0.15, 0.2) is 61.2 Å². The van der Waals surface area contributed by atoms with Crippen molar-refractivity contribution in [2.45, 2.75) is 13.1 Å². The molecule has 0 saturated carbocycles. The fourth-order valence-corrected chi connectivity index (χ4v) is 2.41. The Kier molecular flexibility index (Phi) is 4.94. The molecule has 128 valence electrons. The zero-order chi connectivity index (χ0) is 17.6. The molecular formula is C18H19N5O2. The maximum Gasteiger partial charge on any atom is 0.317 e. The molecule has 1 heterocycles. The number of amides is 2. The summed E-state index contributed by atoms with van der Waals surface area (Å²) in [7, 11) is 1.73. The highest BCUT2D eigenvalue weighted by Gasteiger charge is 2.09. The summed E-state index contributed by atoms with van der Waals surface area (Å²) in [5.41, 5.74) is 2.81. The van der Waals surface area contributed by atoms with E-state index in [1.165, 1.54) is 6.33 Å². The third-order valence-corrected chi connectivity index (χ3v) is 3.74. The maximum absolute atomic E-state index is 12.2. The fraction of sp³-hybridized carbons (Fsp3) is 0.167. The van der Waals surface area contributed by atoms with Gasteiger partial charge in [-0.05, 0) is 35.4 Å². The number of hydrogen-bond donors (Lipinski definition) is 2. The summed E-state index contributed by atoms with van der Waals surface area (Å²) in [4.78, 5) is 17.8. The smallest absolute Gasteiger partial charge is 0.317 e. The number of urea groups is 1. The number of benzene rings is 2. The first kappa shape index (κ1) is 16.5. The average molecular weight is 337 g/mol. The molecule has 0 atom stereocenters. The topological polar surface area (TPSA) is 83.3 Å². The monoisotopic (exact) mass is 337 g/mol. The van der Waals surface area contributed by atoms with E-state index in [2.05, 4.69) is 15.4 Å². The minimum atomic E-state index is -0.167. The highest BCUT2D eigenvalue weighted by Crippen LogP contribution is 2.12. The van der Waals surface area contributed by atoms with Crippen LogP contribution < -0.4 is 5.32 Å². The van der Waals surface area contributed by atoms with Crippen LogP contribution in [0, 0.1) is 0 Å². The Labute approximate surface area is 145 Å². The highest BCUT2D eigenvalue weighted by atomic mass is 16.3. The number of nitrogens with zero attached hydrogens (tertiary/aromatic N) is 4. The Balaban J connectivity index is 1.56. The van der Waals surface area contributed by atoms with Crippen LogP contribution in [0.1, 0.15) is 11.1 Å². The standard InChI is InChI=1S/C18H19N5O2/c1-22(11-14-5-7-17(24)8-6-14)18(25)20-10-15-3-2-4-16(9-15)23-13-19-12-21-23/h2-9,12-13,24H,10-11H2,1H3,(H,20,25). The van der Waals surface area contributed by atoms with Gasteiger partial charge >= 0.3 is 6.03 Å². The number of rotatable bonds is 5. The molecular weight excluding hydrogens is 318 g/mol. The van der Waals surface area contributed by atoms with Gasteiger partial charge in [-0.2, -0.15) is 5.10 Å². The van der Waals surface area contributed by atoms with Crippen molar-refractivity contribution < 1.29 is 9.90 Å². The Morgan fingerprint density at radius 3 is 2.72 bits per heavy atom. The number of nitrogens with one attached hydrogen (secondary N) is 1. The molecule has 0 saturated heterocycles. The van der Waals surface area contributed by atoms with Gasteiger partial charge in [-0.15, -0.1) is 0 Å². The summed E-state index contributed by atoms with van der Waals surface area (Å²) in [5.74, 6) is 0.211. The van der Waals surface area contributed by atoms with Crippen LogP contribution in [-0.2, 0) is 13.1 Å². The molecule has 0 bridgehead atoms. The van der Waals surface area contributed by atoms with Crippen LogP contribution in [0.3, 0.4) is 0 Å². The van der Waals surface area contributed by atoms with Gasteiger partial charge in [0.2, 0.25) is 0 Å². The van der Waals surface area contributed by atoms with Gasteiger partial charge in [-0.1, -0.05) is 24.3 Å². The second kappa shape index (κ2) is 7.48. The van der Waals surface area contributed by atoms with Crippen molar-refractivity contribution in [2.75, 3.05) is 7.05 Å². The van der Waals surface area contributed by atoms with Crippen molar-refractivity contribution in [1.29, 1.82) is 0 Å². The van der Waals surface area contributed by atoms with E-state index in [9.17, 15) is 9.90 Å². The number of aromatic hydroxyl groups is 1. The number of phenolic OH excluding ortho intramolecular Hbond substituents is 1. The van der Waals surface area contributed by atoms with Gasteiger partial charge in [0.05, 0.1) is 5.69 Å². The van der Waals surface area contributed by atoms with E-state index in [-0.39, 0.29) is 11.8 Å². The molecule has 0 aliphatic carbocycles. The normalized spacial score (nSPS) is 10.4.